The molecule has 0 aromatic heterocycles. The molecule has 1 unspecified atom stereocenters. The minimum Gasteiger partial charge on any atom is -0.379 e. The predicted octanol–water partition coefficient (Wildman–Crippen LogP) is 1.51. The maximum atomic E-state index is 11.7. The average molecular weight is 313 g/mol. The van der Waals surface area contributed by atoms with E-state index in [0.717, 1.165) is 0 Å². The third-order valence-electron chi connectivity index (χ3n) is 1.21. The fraction of sp³-hybridized carbons (Fsp3) is 1.00. The van der Waals surface area contributed by atoms with Gasteiger partial charge in [-0.1, -0.05) is 0 Å². The summed E-state index contributed by atoms with van der Waals surface area (Å²) in [6, 6.07) is 0. The van der Waals surface area contributed by atoms with E-state index in [9.17, 15) is 9.13 Å². The quantitative estimate of drug-likeness (QED) is 0.355. The summed E-state index contributed by atoms with van der Waals surface area (Å²) in [5.74, 6) is -0.0245. The lowest BCUT2D eigenvalue weighted by Gasteiger charge is -2.17. The Morgan fingerprint density at radius 2 is 1.71 bits per heavy atom. The number of phosphoric acid groups is 2. The summed E-state index contributed by atoms with van der Waals surface area (Å²) >= 11 is 5.29. The number of phosphoric ester groups is 1. The largest absolute Gasteiger partial charge is 0.483 e. The highest BCUT2D eigenvalue weighted by molar-refractivity contribution is 7.61. The molecule has 11 heteroatoms. The minimum absolute atomic E-state index is 0.0245. The van der Waals surface area contributed by atoms with Crippen LogP contribution in [0.4, 0.5) is 0 Å². The Morgan fingerprint density at radius 1 is 1.12 bits per heavy atom. The van der Waals surface area contributed by atoms with E-state index in [4.69, 9.17) is 26.1 Å². The van der Waals surface area contributed by atoms with Gasteiger partial charge >= 0.3 is 15.6 Å². The van der Waals surface area contributed by atoms with Crippen LogP contribution in [0.1, 0.15) is 6.92 Å². The van der Waals surface area contributed by atoms with E-state index < -0.39 is 15.6 Å². The summed E-state index contributed by atoms with van der Waals surface area (Å²) in [5.41, 5.74) is 0. The highest BCUT2D eigenvalue weighted by atomic mass is 35.5. The van der Waals surface area contributed by atoms with Gasteiger partial charge in [-0.15, -0.1) is 11.6 Å². The van der Waals surface area contributed by atoms with Crippen LogP contribution in [0, 0.1) is 0 Å². The first-order chi connectivity index (χ1) is 7.83. The number of ether oxygens (including phenoxy) is 1. The first-order valence-corrected chi connectivity index (χ1v) is 8.15. The average Bonchev–Trinajstić information content (AvgIpc) is 2.19. The molecule has 17 heavy (non-hydrogen) atoms. The van der Waals surface area contributed by atoms with Gasteiger partial charge in [0, 0.05) is 12.5 Å². The van der Waals surface area contributed by atoms with Gasteiger partial charge in [-0.25, -0.2) is 9.13 Å². The van der Waals surface area contributed by atoms with Gasteiger partial charge in [-0.05, 0) is 6.92 Å². The fourth-order valence-corrected chi connectivity index (χ4v) is 3.00. The first-order valence-electron chi connectivity index (χ1n) is 4.62. The van der Waals surface area contributed by atoms with Gasteiger partial charge in [0.1, 0.15) is 0 Å². The van der Waals surface area contributed by atoms with Crippen LogP contribution in [0.25, 0.3) is 0 Å². The van der Waals surface area contributed by atoms with Crippen LogP contribution in [0.15, 0.2) is 0 Å². The molecular weight excluding hydrogens is 297 g/mol. The highest BCUT2D eigenvalue weighted by Crippen LogP contribution is 2.60. The number of rotatable bonds is 10. The van der Waals surface area contributed by atoms with Crippen molar-refractivity contribution in [1.29, 1.82) is 0 Å². The summed E-state index contributed by atoms with van der Waals surface area (Å²) < 4.78 is 40.3. The molecule has 1 atom stereocenters. The van der Waals surface area contributed by atoms with Gasteiger partial charge in [0.2, 0.25) is 0 Å². The van der Waals surface area contributed by atoms with Gasteiger partial charge in [0.05, 0.1) is 19.8 Å². The number of alkyl halides is 1. The molecule has 0 amide bonds. The van der Waals surface area contributed by atoms with E-state index in [1.807, 2.05) is 0 Å². The molecule has 0 bridgehead atoms. The molecule has 0 aromatic rings. The molecule has 0 spiro atoms. The highest BCUT2D eigenvalue weighted by Gasteiger charge is 2.35. The third-order valence-corrected chi connectivity index (χ3v) is 4.02. The van der Waals surface area contributed by atoms with Crippen molar-refractivity contribution in [2.24, 2.45) is 0 Å². The molecule has 0 heterocycles. The monoisotopic (exact) mass is 312 g/mol. The molecule has 0 saturated heterocycles. The first kappa shape index (κ1) is 17.5. The second kappa shape index (κ2) is 8.58. The van der Waals surface area contributed by atoms with Gasteiger partial charge in [-0.2, -0.15) is 4.31 Å². The minimum atomic E-state index is -4.98. The predicted molar refractivity (Wildman–Crippen MR) is 59.9 cm³/mol. The molecule has 0 rings (SSSR count). The lowest BCUT2D eigenvalue weighted by atomic mass is 10.8. The lowest BCUT2D eigenvalue weighted by Crippen LogP contribution is -2.06. The van der Waals surface area contributed by atoms with Crippen LogP contribution in [-0.4, -0.2) is 42.1 Å². The number of hydrogen-bond acceptors (Lipinski definition) is 6. The van der Waals surface area contributed by atoms with Gasteiger partial charge < -0.3 is 14.5 Å². The van der Waals surface area contributed by atoms with Gasteiger partial charge in [0.25, 0.3) is 0 Å². The molecule has 0 saturated carbocycles. The Hall–Kier alpha value is 0.510. The van der Waals surface area contributed by atoms with Crippen molar-refractivity contribution in [1.82, 2.24) is 0 Å². The van der Waals surface area contributed by atoms with Crippen LogP contribution in [0.2, 0.25) is 0 Å². The van der Waals surface area contributed by atoms with E-state index in [2.05, 4.69) is 13.4 Å². The standard InChI is InChI=1S/C6H15ClO8P2/c1-2-12-5-6-14-17(11,13-4-3-7)15-16(8,9)10/h2-6H2,1H3,(H2,8,9,10). The van der Waals surface area contributed by atoms with Crippen molar-refractivity contribution >= 4 is 27.2 Å². The van der Waals surface area contributed by atoms with Crippen molar-refractivity contribution in [2.75, 3.05) is 32.3 Å². The summed E-state index contributed by atoms with van der Waals surface area (Å²) in [5, 5.41) is 0. The maximum Gasteiger partial charge on any atom is 0.483 e. The van der Waals surface area contributed by atoms with Crippen LogP contribution in [0.5, 0.6) is 0 Å². The molecule has 2 N–H and O–H groups in total. The Bertz CT molecular complexity index is 292. The Balaban J connectivity index is 4.29. The van der Waals surface area contributed by atoms with E-state index in [0.29, 0.717) is 6.61 Å². The fourth-order valence-electron chi connectivity index (χ4n) is 0.713. The van der Waals surface area contributed by atoms with Crippen LogP contribution < -0.4 is 0 Å². The van der Waals surface area contributed by atoms with Crippen LogP contribution in [-0.2, 0) is 27.2 Å². The summed E-state index contributed by atoms with van der Waals surface area (Å²) in [6.07, 6.45) is 0. The Morgan fingerprint density at radius 3 is 2.18 bits per heavy atom. The van der Waals surface area contributed by atoms with Crippen molar-refractivity contribution in [3.05, 3.63) is 0 Å². The second-order valence-electron chi connectivity index (χ2n) is 2.57. The van der Waals surface area contributed by atoms with E-state index in [-0.39, 0.29) is 25.7 Å². The molecule has 0 aliphatic rings. The SMILES string of the molecule is CCOCCOP(=O)(OCCCl)OP(=O)(O)O. The molecule has 0 radical (unpaired) electrons. The number of halogens is 1. The van der Waals surface area contributed by atoms with Crippen molar-refractivity contribution in [2.45, 2.75) is 6.92 Å². The van der Waals surface area contributed by atoms with Crippen LogP contribution >= 0.6 is 27.2 Å². The normalized spacial score (nSPS) is 15.8. The lowest BCUT2D eigenvalue weighted by molar-refractivity contribution is 0.0828. The summed E-state index contributed by atoms with van der Waals surface area (Å²) in [4.78, 5) is 17.1. The number of hydrogen-bond donors (Lipinski definition) is 2. The van der Waals surface area contributed by atoms with Gasteiger partial charge in [-0.3, -0.25) is 9.05 Å². The molecule has 0 aliphatic heterocycles. The maximum absolute atomic E-state index is 11.7. The molecular formula is C6H15ClO8P2. The Kier molecular flexibility index (Phi) is 8.84. The summed E-state index contributed by atoms with van der Waals surface area (Å²) in [6.45, 7) is 1.85. The Labute approximate surface area is 104 Å². The van der Waals surface area contributed by atoms with Crippen molar-refractivity contribution in [3.8, 4) is 0 Å². The topological polar surface area (TPSA) is 112 Å². The van der Waals surface area contributed by atoms with Crippen LogP contribution in [0.3, 0.4) is 0 Å². The van der Waals surface area contributed by atoms with E-state index in [1.165, 1.54) is 0 Å². The molecule has 0 fully saturated rings. The molecule has 0 aliphatic carbocycles. The van der Waals surface area contributed by atoms with E-state index in [1.54, 1.807) is 6.92 Å². The van der Waals surface area contributed by atoms with Crippen molar-refractivity contribution in [3.63, 3.8) is 0 Å². The molecule has 8 nitrogen and oxygen atoms in total. The second-order valence-corrected chi connectivity index (χ2v) is 5.99. The summed E-state index contributed by atoms with van der Waals surface area (Å²) in [7, 11) is -9.31. The molecule has 104 valence electrons. The zero-order valence-electron chi connectivity index (χ0n) is 9.15. The van der Waals surface area contributed by atoms with E-state index >= 15 is 0 Å². The smallest absolute Gasteiger partial charge is 0.379 e. The zero-order chi connectivity index (χ0) is 13.4. The molecule has 0 aromatic carbocycles. The van der Waals surface area contributed by atoms with Gasteiger partial charge in [0.15, 0.2) is 0 Å². The third kappa shape index (κ3) is 10.1. The zero-order valence-corrected chi connectivity index (χ0v) is 11.7. The van der Waals surface area contributed by atoms with Crippen molar-refractivity contribution < 1.29 is 37.0 Å².